The Morgan fingerprint density at radius 3 is 2.66 bits per heavy atom. The standard InChI is InChI=1S/C28H42N4O3/c1-30-28(35)27(13-9-19-33)32(2)20-26-22(11-8-12-23(26)21-34)10-6-4-3-5-7-18-31-25-16-14-24(29)15-17-25/h8,11-12,19,21,24-25,27,31H,3-5,7,9,13-18,20,29H2,1-2H3,(H,30,35). The molecule has 0 bridgehead atoms. The number of nitrogens with one attached hydrogen (secondary N) is 2. The van der Waals surface area contributed by atoms with Gasteiger partial charge in [-0.3, -0.25) is 14.5 Å². The Kier molecular flexibility index (Phi) is 13.3. The van der Waals surface area contributed by atoms with E-state index in [1.54, 1.807) is 13.1 Å². The molecule has 2 rings (SSSR count). The van der Waals surface area contributed by atoms with Crippen molar-refractivity contribution in [3.05, 3.63) is 34.9 Å². The van der Waals surface area contributed by atoms with E-state index in [-0.39, 0.29) is 5.91 Å². The van der Waals surface area contributed by atoms with E-state index in [4.69, 9.17) is 5.73 Å². The number of amides is 1. The molecule has 0 radical (unpaired) electrons. The van der Waals surface area contributed by atoms with Gasteiger partial charge in [0.25, 0.3) is 0 Å². The second-order valence-corrected chi connectivity index (χ2v) is 9.46. The van der Waals surface area contributed by atoms with Crippen LogP contribution in [0.15, 0.2) is 18.2 Å². The van der Waals surface area contributed by atoms with E-state index in [1.165, 1.54) is 12.8 Å². The van der Waals surface area contributed by atoms with E-state index in [9.17, 15) is 14.4 Å². The van der Waals surface area contributed by atoms with Crippen LogP contribution in [-0.4, -0.2) is 62.1 Å². The van der Waals surface area contributed by atoms with Crippen LogP contribution in [0.4, 0.5) is 0 Å². The molecule has 35 heavy (non-hydrogen) atoms. The fourth-order valence-electron chi connectivity index (χ4n) is 4.61. The van der Waals surface area contributed by atoms with Gasteiger partial charge in [-0.05, 0) is 70.2 Å². The molecule has 0 aromatic heterocycles. The number of carbonyl (C=O) groups excluding carboxylic acids is 3. The van der Waals surface area contributed by atoms with Gasteiger partial charge in [-0.2, -0.15) is 0 Å². The number of hydrogen-bond donors (Lipinski definition) is 3. The smallest absolute Gasteiger partial charge is 0.237 e. The maximum atomic E-state index is 12.3. The Bertz CT molecular complexity index is 869. The van der Waals surface area contributed by atoms with Crippen LogP contribution in [-0.2, 0) is 16.1 Å². The van der Waals surface area contributed by atoms with Crippen LogP contribution in [0.1, 0.15) is 85.7 Å². The van der Waals surface area contributed by atoms with Gasteiger partial charge >= 0.3 is 0 Å². The van der Waals surface area contributed by atoms with Crippen LogP contribution in [0.3, 0.4) is 0 Å². The summed E-state index contributed by atoms with van der Waals surface area (Å²) in [5.41, 5.74) is 8.17. The molecule has 1 aliphatic rings. The van der Waals surface area contributed by atoms with Crippen molar-refractivity contribution < 1.29 is 14.4 Å². The summed E-state index contributed by atoms with van der Waals surface area (Å²) in [6.07, 6.45) is 11.1. The zero-order chi connectivity index (χ0) is 25.5. The van der Waals surface area contributed by atoms with Gasteiger partial charge in [-0.15, -0.1) is 0 Å². The van der Waals surface area contributed by atoms with Crippen LogP contribution in [0, 0.1) is 11.8 Å². The molecular weight excluding hydrogens is 440 g/mol. The number of rotatable bonds is 14. The SMILES string of the molecule is CNC(=O)C(CCC=O)N(C)Cc1c(C#CCCCCCNC2CCC(N)CC2)cccc1C=O. The predicted molar refractivity (Wildman–Crippen MR) is 140 cm³/mol. The fourth-order valence-corrected chi connectivity index (χ4v) is 4.61. The maximum absolute atomic E-state index is 12.3. The second-order valence-electron chi connectivity index (χ2n) is 9.46. The summed E-state index contributed by atoms with van der Waals surface area (Å²) in [4.78, 5) is 36.8. The molecule has 7 heteroatoms. The van der Waals surface area contributed by atoms with E-state index in [1.807, 2.05) is 24.1 Å². The largest absolute Gasteiger partial charge is 0.358 e. The fraction of sp³-hybridized carbons (Fsp3) is 0.607. The number of nitrogens with two attached hydrogens (primary N) is 1. The number of carbonyl (C=O) groups is 3. The molecule has 1 saturated carbocycles. The second kappa shape index (κ2) is 16.2. The van der Waals surface area contributed by atoms with E-state index < -0.39 is 6.04 Å². The van der Waals surface area contributed by atoms with Crippen molar-refractivity contribution in [2.45, 2.75) is 88.9 Å². The summed E-state index contributed by atoms with van der Waals surface area (Å²) in [5, 5.41) is 6.32. The lowest BCUT2D eigenvalue weighted by molar-refractivity contribution is -0.126. The highest BCUT2D eigenvalue weighted by Crippen LogP contribution is 2.19. The van der Waals surface area contributed by atoms with E-state index in [0.29, 0.717) is 37.0 Å². The minimum absolute atomic E-state index is 0.146. The van der Waals surface area contributed by atoms with Gasteiger partial charge in [0.15, 0.2) is 0 Å². The molecule has 1 aromatic rings. The van der Waals surface area contributed by atoms with Gasteiger partial charge < -0.3 is 21.2 Å². The normalized spacial score (nSPS) is 18.4. The van der Waals surface area contributed by atoms with Crippen LogP contribution < -0.4 is 16.4 Å². The molecule has 1 aliphatic carbocycles. The third kappa shape index (κ3) is 9.93. The minimum Gasteiger partial charge on any atom is -0.358 e. The van der Waals surface area contributed by atoms with Gasteiger partial charge in [0.05, 0.1) is 6.04 Å². The first-order valence-electron chi connectivity index (χ1n) is 12.9. The summed E-state index contributed by atoms with van der Waals surface area (Å²) < 4.78 is 0. The highest BCUT2D eigenvalue weighted by Gasteiger charge is 2.23. The zero-order valence-electron chi connectivity index (χ0n) is 21.4. The molecule has 1 aromatic carbocycles. The van der Waals surface area contributed by atoms with Crippen molar-refractivity contribution in [2.24, 2.45) is 5.73 Å². The number of nitrogens with zero attached hydrogens (tertiary/aromatic N) is 1. The monoisotopic (exact) mass is 482 g/mol. The van der Waals surface area contributed by atoms with E-state index in [2.05, 4.69) is 22.5 Å². The summed E-state index contributed by atoms with van der Waals surface area (Å²) in [5.74, 6) is 6.36. The van der Waals surface area contributed by atoms with E-state index in [0.717, 1.165) is 68.8 Å². The van der Waals surface area contributed by atoms with Gasteiger partial charge in [-0.25, -0.2) is 0 Å². The average Bonchev–Trinajstić information content (AvgIpc) is 2.87. The van der Waals surface area contributed by atoms with Crippen LogP contribution in [0.5, 0.6) is 0 Å². The Hall–Kier alpha value is -2.53. The first kappa shape index (κ1) is 28.7. The molecule has 0 heterocycles. The maximum Gasteiger partial charge on any atom is 0.237 e. The number of hydrogen-bond acceptors (Lipinski definition) is 6. The predicted octanol–water partition coefficient (Wildman–Crippen LogP) is 2.80. The molecule has 7 nitrogen and oxygen atoms in total. The van der Waals surface area contributed by atoms with Crippen molar-refractivity contribution in [1.82, 2.24) is 15.5 Å². The van der Waals surface area contributed by atoms with Crippen molar-refractivity contribution in [3.63, 3.8) is 0 Å². The number of benzene rings is 1. The van der Waals surface area contributed by atoms with Crippen molar-refractivity contribution >= 4 is 18.5 Å². The summed E-state index contributed by atoms with van der Waals surface area (Å²) >= 11 is 0. The minimum atomic E-state index is -0.454. The summed E-state index contributed by atoms with van der Waals surface area (Å²) in [7, 11) is 3.42. The highest BCUT2D eigenvalue weighted by atomic mass is 16.2. The average molecular weight is 483 g/mol. The first-order valence-corrected chi connectivity index (χ1v) is 12.9. The quantitative estimate of drug-likeness (QED) is 0.214. The van der Waals surface area contributed by atoms with Crippen molar-refractivity contribution in [1.29, 1.82) is 0 Å². The molecule has 1 amide bonds. The molecule has 192 valence electrons. The Labute approximate surface area is 210 Å². The molecule has 1 atom stereocenters. The summed E-state index contributed by atoms with van der Waals surface area (Å²) in [6, 6.07) is 6.09. The Morgan fingerprint density at radius 1 is 1.20 bits per heavy atom. The van der Waals surface area contributed by atoms with Gasteiger partial charge in [0.1, 0.15) is 12.6 Å². The molecule has 4 N–H and O–H groups in total. The van der Waals surface area contributed by atoms with Gasteiger partial charge in [0.2, 0.25) is 5.91 Å². The van der Waals surface area contributed by atoms with Crippen LogP contribution in [0.25, 0.3) is 0 Å². The number of likely N-dealkylation sites (N-methyl/N-ethyl adjacent to an activating group) is 2. The molecule has 1 fully saturated rings. The third-order valence-electron chi connectivity index (χ3n) is 6.79. The Balaban J connectivity index is 1.88. The van der Waals surface area contributed by atoms with E-state index >= 15 is 0 Å². The Morgan fingerprint density at radius 2 is 1.97 bits per heavy atom. The third-order valence-corrected chi connectivity index (χ3v) is 6.79. The number of aldehydes is 2. The van der Waals surface area contributed by atoms with Crippen LogP contribution >= 0.6 is 0 Å². The summed E-state index contributed by atoms with van der Waals surface area (Å²) in [6.45, 7) is 1.44. The molecule has 0 saturated heterocycles. The number of unbranched alkanes of at least 4 members (excludes halogenated alkanes) is 3. The first-order chi connectivity index (χ1) is 17.0. The van der Waals surface area contributed by atoms with Crippen molar-refractivity contribution in [3.8, 4) is 11.8 Å². The molecule has 0 aliphatic heterocycles. The van der Waals surface area contributed by atoms with Crippen LogP contribution in [0.2, 0.25) is 0 Å². The molecular formula is C28H42N4O3. The molecule has 1 unspecified atom stereocenters. The topological polar surface area (TPSA) is 105 Å². The van der Waals surface area contributed by atoms with Crippen molar-refractivity contribution in [2.75, 3.05) is 20.6 Å². The lowest BCUT2D eigenvalue weighted by Crippen LogP contribution is -2.43. The lowest BCUT2D eigenvalue weighted by Gasteiger charge is -2.27. The molecule has 0 spiro atoms. The lowest BCUT2D eigenvalue weighted by atomic mass is 9.92. The van der Waals surface area contributed by atoms with Gasteiger partial charge in [-0.1, -0.05) is 30.4 Å². The zero-order valence-corrected chi connectivity index (χ0v) is 21.4. The highest BCUT2D eigenvalue weighted by molar-refractivity contribution is 5.82. The van der Waals surface area contributed by atoms with Gasteiger partial charge in [0, 0.05) is 49.6 Å².